The van der Waals surface area contributed by atoms with E-state index in [1.165, 1.54) is 0 Å². The zero-order valence-electron chi connectivity index (χ0n) is 14.3. The van der Waals surface area contributed by atoms with Crippen LogP contribution in [0, 0.1) is 6.92 Å². The van der Waals surface area contributed by atoms with Gasteiger partial charge < -0.3 is 4.90 Å². The summed E-state index contributed by atoms with van der Waals surface area (Å²) in [6, 6.07) is 7.63. The predicted octanol–water partition coefficient (Wildman–Crippen LogP) is 1.73. The monoisotopic (exact) mass is 325 g/mol. The van der Waals surface area contributed by atoms with E-state index < -0.39 is 0 Å². The number of rotatable bonds is 4. The van der Waals surface area contributed by atoms with Crippen LogP contribution in [0.5, 0.6) is 0 Å². The van der Waals surface area contributed by atoms with Gasteiger partial charge in [0.2, 0.25) is 0 Å². The third-order valence-corrected chi connectivity index (χ3v) is 4.28. The fourth-order valence-corrected chi connectivity index (χ4v) is 3.05. The van der Waals surface area contributed by atoms with E-state index in [4.69, 9.17) is 0 Å². The minimum Gasteiger partial charge on any atom is -0.336 e. The van der Waals surface area contributed by atoms with E-state index in [9.17, 15) is 4.79 Å². The first-order chi connectivity index (χ1) is 11.6. The second-order valence-electron chi connectivity index (χ2n) is 6.07. The molecule has 0 N–H and O–H groups in total. The lowest BCUT2D eigenvalue weighted by Crippen LogP contribution is -2.48. The van der Waals surface area contributed by atoms with Crippen molar-refractivity contribution >= 4 is 5.91 Å². The van der Waals surface area contributed by atoms with Crippen molar-refractivity contribution in [3.63, 3.8) is 0 Å². The minimum atomic E-state index is 0.0778. The quantitative estimate of drug-likeness (QED) is 0.804. The lowest BCUT2D eigenvalue weighted by molar-refractivity contribution is 0.0650. The second kappa shape index (κ2) is 6.97. The number of amides is 1. The lowest BCUT2D eigenvalue weighted by Gasteiger charge is -2.34. The summed E-state index contributed by atoms with van der Waals surface area (Å²) in [5.74, 6) is 1.58. The standard InChI is InChI=1S/C18H23N5O/c1-4-8-22-9-11-23(12-10-22)18(24)16-7-5-6-15(13-16)17-19-14(2)20-21(17)3/h4-7,13H,1,8-12H2,2-3H3. The molecule has 2 heterocycles. The van der Waals surface area contributed by atoms with Gasteiger partial charge in [0.15, 0.2) is 5.82 Å². The maximum Gasteiger partial charge on any atom is 0.253 e. The molecule has 1 fully saturated rings. The summed E-state index contributed by atoms with van der Waals surface area (Å²) in [7, 11) is 1.86. The number of piperazine rings is 1. The Morgan fingerprint density at radius 1 is 1.29 bits per heavy atom. The summed E-state index contributed by atoms with van der Waals surface area (Å²) in [6.45, 7) is 9.79. The van der Waals surface area contributed by atoms with Crippen molar-refractivity contribution in [3.8, 4) is 11.4 Å². The highest BCUT2D eigenvalue weighted by atomic mass is 16.2. The predicted molar refractivity (Wildman–Crippen MR) is 93.7 cm³/mol. The van der Waals surface area contributed by atoms with Crippen LogP contribution in [0.1, 0.15) is 16.2 Å². The highest BCUT2D eigenvalue weighted by Crippen LogP contribution is 2.19. The Morgan fingerprint density at radius 2 is 2.04 bits per heavy atom. The molecular formula is C18H23N5O. The smallest absolute Gasteiger partial charge is 0.253 e. The normalized spacial score (nSPS) is 15.5. The van der Waals surface area contributed by atoms with Crippen molar-refractivity contribution < 1.29 is 4.79 Å². The van der Waals surface area contributed by atoms with Gasteiger partial charge in [-0.15, -0.1) is 6.58 Å². The highest BCUT2D eigenvalue weighted by Gasteiger charge is 2.22. The number of aryl methyl sites for hydroxylation is 2. The molecule has 0 radical (unpaired) electrons. The van der Waals surface area contributed by atoms with Crippen molar-refractivity contribution in [2.24, 2.45) is 7.05 Å². The Morgan fingerprint density at radius 3 is 2.67 bits per heavy atom. The van der Waals surface area contributed by atoms with Crippen molar-refractivity contribution in [1.82, 2.24) is 24.6 Å². The minimum absolute atomic E-state index is 0.0778. The summed E-state index contributed by atoms with van der Waals surface area (Å²) in [5, 5.41) is 4.27. The Labute approximate surface area is 142 Å². The van der Waals surface area contributed by atoms with Gasteiger partial charge in [0.1, 0.15) is 5.82 Å². The molecule has 6 nitrogen and oxygen atoms in total. The molecule has 0 atom stereocenters. The van der Waals surface area contributed by atoms with Crippen LogP contribution in [-0.2, 0) is 7.05 Å². The number of carbonyl (C=O) groups excluding carboxylic acids is 1. The zero-order chi connectivity index (χ0) is 17.1. The van der Waals surface area contributed by atoms with E-state index >= 15 is 0 Å². The first-order valence-corrected chi connectivity index (χ1v) is 8.19. The fourth-order valence-electron chi connectivity index (χ4n) is 3.05. The van der Waals surface area contributed by atoms with Crippen LogP contribution in [0.3, 0.4) is 0 Å². The number of carbonyl (C=O) groups is 1. The van der Waals surface area contributed by atoms with Crippen LogP contribution >= 0.6 is 0 Å². The van der Waals surface area contributed by atoms with Crippen LogP contribution in [0.15, 0.2) is 36.9 Å². The first kappa shape index (κ1) is 16.4. The summed E-state index contributed by atoms with van der Waals surface area (Å²) in [6.07, 6.45) is 1.91. The van der Waals surface area contributed by atoms with Crippen LogP contribution in [0.2, 0.25) is 0 Å². The Hall–Kier alpha value is -2.47. The summed E-state index contributed by atoms with van der Waals surface area (Å²) >= 11 is 0. The summed E-state index contributed by atoms with van der Waals surface area (Å²) < 4.78 is 1.74. The number of nitrogens with zero attached hydrogens (tertiary/aromatic N) is 5. The SMILES string of the molecule is C=CCN1CCN(C(=O)c2cccc(-c3nc(C)nn3C)c2)CC1. The van der Waals surface area contributed by atoms with Gasteiger partial charge in [-0.1, -0.05) is 18.2 Å². The molecule has 0 unspecified atom stereocenters. The molecule has 6 heteroatoms. The fraction of sp³-hybridized carbons (Fsp3) is 0.389. The molecule has 126 valence electrons. The maximum absolute atomic E-state index is 12.8. The molecular weight excluding hydrogens is 302 g/mol. The Balaban J connectivity index is 1.76. The van der Waals surface area contributed by atoms with E-state index in [-0.39, 0.29) is 5.91 Å². The lowest BCUT2D eigenvalue weighted by atomic mass is 10.1. The van der Waals surface area contributed by atoms with Crippen LogP contribution in [0.4, 0.5) is 0 Å². The first-order valence-electron chi connectivity index (χ1n) is 8.19. The van der Waals surface area contributed by atoms with Gasteiger partial charge in [-0.25, -0.2) is 9.67 Å². The molecule has 0 aliphatic carbocycles. The molecule has 0 bridgehead atoms. The van der Waals surface area contributed by atoms with Crippen molar-refractivity contribution in [3.05, 3.63) is 48.3 Å². The molecule has 1 saturated heterocycles. The number of hydrogen-bond acceptors (Lipinski definition) is 4. The zero-order valence-corrected chi connectivity index (χ0v) is 14.3. The molecule has 24 heavy (non-hydrogen) atoms. The van der Waals surface area contributed by atoms with Crippen molar-refractivity contribution in [1.29, 1.82) is 0 Å². The van der Waals surface area contributed by atoms with Crippen LogP contribution < -0.4 is 0 Å². The van der Waals surface area contributed by atoms with Gasteiger partial charge in [0.05, 0.1) is 0 Å². The van der Waals surface area contributed by atoms with Gasteiger partial charge in [-0.05, 0) is 19.1 Å². The van der Waals surface area contributed by atoms with Gasteiger partial charge in [0, 0.05) is 50.9 Å². The van der Waals surface area contributed by atoms with Gasteiger partial charge in [-0.3, -0.25) is 9.69 Å². The van der Waals surface area contributed by atoms with Gasteiger partial charge in [-0.2, -0.15) is 5.10 Å². The average molecular weight is 325 g/mol. The molecule has 3 rings (SSSR count). The van der Waals surface area contributed by atoms with Crippen LogP contribution in [-0.4, -0.2) is 63.2 Å². The highest BCUT2D eigenvalue weighted by molar-refractivity contribution is 5.95. The molecule has 2 aromatic rings. The van der Waals surface area contributed by atoms with E-state index in [0.29, 0.717) is 5.56 Å². The molecule has 0 saturated carbocycles. The molecule has 1 aliphatic rings. The van der Waals surface area contributed by atoms with Crippen LogP contribution in [0.25, 0.3) is 11.4 Å². The van der Waals surface area contributed by atoms with E-state index in [1.54, 1.807) is 4.68 Å². The summed E-state index contributed by atoms with van der Waals surface area (Å²) in [5.41, 5.74) is 1.61. The average Bonchev–Trinajstić information content (AvgIpc) is 2.94. The van der Waals surface area contributed by atoms with Gasteiger partial charge in [0.25, 0.3) is 5.91 Å². The van der Waals surface area contributed by atoms with Crippen molar-refractivity contribution in [2.45, 2.75) is 6.92 Å². The molecule has 1 amide bonds. The summed E-state index contributed by atoms with van der Waals surface area (Å²) in [4.78, 5) is 21.4. The van der Waals surface area contributed by atoms with E-state index in [2.05, 4.69) is 21.6 Å². The third kappa shape index (κ3) is 3.38. The number of hydrogen-bond donors (Lipinski definition) is 0. The molecule has 1 aliphatic heterocycles. The third-order valence-electron chi connectivity index (χ3n) is 4.28. The van der Waals surface area contributed by atoms with Crippen molar-refractivity contribution in [2.75, 3.05) is 32.7 Å². The Bertz CT molecular complexity index is 744. The largest absolute Gasteiger partial charge is 0.336 e. The van der Waals surface area contributed by atoms with E-state index in [0.717, 1.165) is 49.9 Å². The molecule has 0 spiro atoms. The molecule has 1 aromatic heterocycles. The second-order valence-corrected chi connectivity index (χ2v) is 6.07. The maximum atomic E-state index is 12.8. The number of aromatic nitrogens is 3. The Kier molecular flexibility index (Phi) is 4.76. The topological polar surface area (TPSA) is 54.3 Å². The number of benzene rings is 1. The molecule has 1 aromatic carbocycles. The van der Waals surface area contributed by atoms with Gasteiger partial charge >= 0.3 is 0 Å². The van der Waals surface area contributed by atoms with E-state index in [1.807, 2.05) is 49.2 Å².